The largest absolute Gasteiger partial charge is 0.493 e. The summed E-state index contributed by atoms with van der Waals surface area (Å²) in [4.78, 5) is 26.4. The molecule has 154 valence electrons. The molecule has 2 heterocycles. The molecule has 3 unspecified atom stereocenters. The van der Waals surface area contributed by atoms with Crippen molar-refractivity contribution in [3.05, 3.63) is 23.8 Å². The zero-order chi connectivity index (χ0) is 20.1. The Labute approximate surface area is 165 Å². The van der Waals surface area contributed by atoms with Gasteiger partial charge in [-0.05, 0) is 24.1 Å². The molecular weight excluding hydrogens is 362 g/mol. The predicted molar refractivity (Wildman–Crippen MR) is 103 cm³/mol. The van der Waals surface area contributed by atoms with Crippen molar-refractivity contribution < 1.29 is 24.2 Å². The van der Waals surface area contributed by atoms with Crippen LogP contribution in [-0.2, 0) is 16.0 Å². The van der Waals surface area contributed by atoms with E-state index in [9.17, 15) is 14.7 Å². The number of nitrogens with zero attached hydrogens (tertiary/aromatic N) is 1. The number of carbonyl (C=O) groups excluding carboxylic acids is 2. The van der Waals surface area contributed by atoms with Gasteiger partial charge in [-0.2, -0.15) is 0 Å². The van der Waals surface area contributed by atoms with E-state index in [4.69, 9.17) is 9.47 Å². The van der Waals surface area contributed by atoms with Crippen LogP contribution in [0.3, 0.4) is 0 Å². The van der Waals surface area contributed by atoms with E-state index in [-0.39, 0.29) is 30.1 Å². The lowest BCUT2D eigenvalue weighted by Crippen LogP contribution is -2.38. The number of amides is 2. The van der Waals surface area contributed by atoms with Gasteiger partial charge >= 0.3 is 0 Å². The molecule has 0 bridgehead atoms. The minimum absolute atomic E-state index is 0.00296. The van der Waals surface area contributed by atoms with Crippen molar-refractivity contribution in [1.82, 2.24) is 15.5 Å². The van der Waals surface area contributed by atoms with Gasteiger partial charge in [0, 0.05) is 45.1 Å². The fourth-order valence-electron chi connectivity index (χ4n) is 3.77. The molecule has 3 N–H and O–H groups in total. The first-order valence-corrected chi connectivity index (χ1v) is 9.67. The van der Waals surface area contributed by atoms with Crippen molar-refractivity contribution in [3.63, 3.8) is 0 Å². The third kappa shape index (κ3) is 4.74. The van der Waals surface area contributed by atoms with Gasteiger partial charge in [-0.3, -0.25) is 9.59 Å². The van der Waals surface area contributed by atoms with Crippen LogP contribution < -0.4 is 20.1 Å². The van der Waals surface area contributed by atoms with Gasteiger partial charge in [0.25, 0.3) is 0 Å². The highest BCUT2D eigenvalue weighted by Crippen LogP contribution is 2.28. The number of carbonyl (C=O) groups is 2. The summed E-state index contributed by atoms with van der Waals surface area (Å²) in [6.07, 6.45) is 0.493. The Morgan fingerprint density at radius 2 is 2.07 bits per heavy atom. The number of methoxy groups -OCH3 is 2. The van der Waals surface area contributed by atoms with Crippen LogP contribution in [0.5, 0.6) is 11.5 Å². The molecule has 2 aliphatic rings. The van der Waals surface area contributed by atoms with Gasteiger partial charge in [-0.1, -0.05) is 6.07 Å². The molecule has 0 spiro atoms. The lowest BCUT2D eigenvalue weighted by molar-refractivity contribution is -0.129. The number of β-amino-alcohol motifs (C(OH)–C–C–N with tert-alkyl or cyclic N) is 1. The second-order valence-corrected chi connectivity index (χ2v) is 7.41. The summed E-state index contributed by atoms with van der Waals surface area (Å²) in [5, 5.41) is 15.8. The summed E-state index contributed by atoms with van der Waals surface area (Å²) in [6.45, 7) is 2.69. The quantitative estimate of drug-likeness (QED) is 0.567. The van der Waals surface area contributed by atoms with E-state index in [1.807, 2.05) is 18.2 Å². The van der Waals surface area contributed by atoms with Crippen LogP contribution in [0.15, 0.2) is 18.2 Å². The Kier molecular flexibility index (Phi) is 6.74. The first-order valence-electron chi connectivity index (χ1n) is 9.67. The summed E-state index contributed by atoms with van der Waals surface area (Å²) in [6, 6.07) is 5.71. The minimum atomic E-state index is -0.427. The molecule has 3 rings (SSSR count). The number of likely N-dealkylation sites (tertiary alicyclic amines) is 1. The second kappa shape index (κ2) is 9.25. The molecule has 3 atom stereocenters. The fraction of sp³-hybridized carbons (Fsp3) is 0.600. The normalized spacial score (nSPS) is 24.5. The number of hydrogen-bond donors (Lipinski definition) is 3. The van der Waals surface area contributed by atoms with Crippen LogP contribution in [0.1, 0.15) is 12.0 Å². The monoisotopic (exact) mass is 391 g/mol. The third-order valence-corrected chi connectivity index (χ3v) is 5.55. The van der Waals surface area contributed by atoms with Crippen molar-refractivity contribution in [3.8, 4) is 11.5 Å². The number of benzene rings is 1. The molecule has 2 amide bonds. The van der Waals surface area contributed by atoms with Crippen molar-refractivity contribution in [2.24, 2.45) is 11.8 Å². The highest BCUT2D eigenvalue weighted by atomic mass is 16.5. The number of aliphatic hydroxyl groups is 1. The van der Waals surface area contributed by atoms with E-state index in [0.29, 0.717) is 50.6 Å². The average molecular weight is 391 g/mol. The Morgan fingerprint density at radius 3 is 2.75 bits per heavy atom. The molecule has 0 aliphatic carbocycles. The van der Waals surface area contributed by atoms with Crippen LogP contribution in [0, 0.1) is 11.8 Å². The van der Waals surface area contributed by atoms with Crippen molar-refractivity contribution in [2.75, 3.05) is 46.9 Å². The standard InChI is InChI=1S/C20H29N3O5/c1-27-17-4-3-13(7-18(17)28-2)5-6-23-12-14(8-19(23)25)20(26)22-10-15-9-21-11-16(15)24/h3-4,7,14-16,21,24H,5-6,8-12H2,1-2H3,(H,22,26). The van der Waals surface area contributed by atoms with Crippen LogP contribution in [-0.4, -0.2) is 74.9 Å². The minimum Gasteiger partial charge on any atom is -0.493 e. The van der Waals surface area contributed by atoms with E-state index in [1.165, 1.54) is 0 Å². The van der Waals surface area contributed by atoms with Gasteiger partial charge in [0.15, 0.2) is 11.5 Å². The van der Waals surface area contributed by atoms with E-state index in [1.54, 1.807) is 19.1 Å². The first-order chi connectivity index (χ1) is 13.5. The summed E-state index contributed by atoms with van der Waals surface area (Å²) in [5.41, 5.74) is 1.04. The molecule has 8 nitrogen and oxygen atoms in total. The zero-order valence-corrected chi connectivity index (χ0v) is 16.4. The van der Waals surface area contributed by atoms with Gasteiger partial charge in [0.1, 0.15) is 0 Å². The summed E-state index contributed by atoms with van der Waals surface area (Å²) >= 11 is 0. The van der Waals surface area contributed by atoms with Crippen molar-refractivity contribution in [2.45, 2.75) is 18.9 Å². The Bertz CT molecular complexity index is 711. The van der Waals surface area contributed by atoms with E-state index >= 15 is 0 Å². The highest BCUT2D eigenvalue weighted by Gasteiger charge is 2.34. The Balaban J connectivity index is 1.48. The van der Waals surface area contributed by atoms with Gasteiger partial charge in [0.05, 0.1) is 26.2 Å². The van der Waals surface area contributed by atoms with Crippen molar-refractivity contribution >= 4 is 11.8 Å². The molecule has 28 heavy (non-hydrogen) atoms. The maximum absolute atomic E-state index is 12.4. The zero-order valence-electron chi connectivity index (χ0n) is 16.4. The number of aliphatic hydroxyl groups excluding tert-OH is 1. The molecular formula is C20H29N3O5. The first kappa shape index (κ1) is 20.4. The van der Waals surface area contributed by atoms with Gasteiger partial charge < -0.3 is 30.1 Å². The van der Waals surface area contributed by atoms with Crippen LogP contribution in [0.25, 0.3) is 0 Å². The van der Waals surface area contributed by atoms with Crippen molar-refractivity contribution in [1.29, 1.82) is 0 Å². The number of nitrogens with one attached hydrogen (secondary N) is 2. The summed E-state index contributed by atoms with van der Waals surface area (Å²) in [5.74, 6) is 0.923. The van der Waals surface area contributed by atoms with Gasteiger partial charge in [-0.15, -0.1) is 0 Å². The number of ether oxygens (including phenoxy) is 2. The Morgan fingerprint density at radius 1 is 1.29 bits per heavy atom. The predicted octanol–water partition coefficient (Wildman–Crippen LogP) is -0.209. The Hall–Kier alpha value is -2.32. The van der Waals surface area contributed by atoms with E-state index in [2.05, 4.69) is 10.6 Å². The molecule has 2 aliphatic heterocycles. The lowest BCUT2D eigenvalue weighted by atomic mass is 10.0. The van der Waals surface area contributed by atoms with Gasteiger partial charge in [-0.25, -0.2) is 0 Å². The summed E-state index contributed by atoms with van der Waals surface area (Å²) in [7, 11) is 3.19. The number of hydrogen-bond acceptors (Lipinski definition) is 6. The summed E-state index contributed by atoms with van der Waals surface area (Å²) < 4.78 is 10.6. The lowest BCUT2D eigenvalue weighted by Gasteiger charge is -2.18. The van der Waals surface area contributed by atoms with E-state index < -0.39 is 6.10 Å². The molecule has 0 radical (unpaired) electrons. The van der Waals surface area contributed by atoms with Crippen LogP contribution >= 0.6 is 0 Å². The van der Waals surface area contributed by atoms with Crippen LogP contribution in [0.2, 0.25) is 0 Å². The topological polar surface area (TPSA) is 100 Å². The van der Waals surface area contributed by atoms with E-state index in [0.717, 1.165) is 5.56 Å². The highest BCUT2D eigenvalue weighted by molar-refractivity contribution is 5.89. The molecule has 0 aromatic heterocycles. The molecule has 8 heteroatoms. The fourth-order valence-corrected chi connectivity index (χ4v) is 3.77. The maximum atomic E-state index is 12.4. The molecule has 0 saturated carbocycles. The molecule has 2 fully saturated rings. The third-order valence-electron chi connectivity index (χ3n) is 5.55. The molecule has 2 saturated heterocycles. The second-order valence-electron chi connectivity index (χ2n) is 7.41. The SMILES string of the molecule is COc1ccc(CCN2CC(C(=O)NCC3CNCC3O)CC2=O)cc1OC. The maximum Gasteiger partial charge on any atom is 0.225 e. The number of rotatable bonds is 8. The smallest absolute Gasteiger partial charge is 0.225 e. The molecule has 1 aromatic rings. The molecule has 1 aromatic carbocycles. The average Bonchev–Trinajstić information content (AvgIpc) is 3.29. The van der Waals surface area contributed by atoms with Crippen LogP contribution in [0.4, 0.5) is 0 Å². The van der Waals surface area contributed by atoms with Gasteiger partial charge in [0.2, 0.25) is 11.8 Å².